The Balaban J connectivity index is 3.00. The molecular formula is C12H13BrF2O3. The van der Waals surface area contributed by atoms with Gasteiger partial charge < -0.3 is 9.47 Å². The van der Waals surface area contributed by atoms with Crippen molar-refractivity contribution in [3.8, 4) is 5.75 Å². The fourth-order valence-electron chi connectivity index (χ4n) is 1.30. The summed E-state index contributed by atoms with van der Waals surface area (Å²) in [6.07, 6.45) is -0.349. The number of carbonyl (C=O) groups excluding carboxylic acids is 1. The van der Waals surface area contributed by atoms with Crippen LogP contribution in [0.2, 0.25) is 0 Å². The largest absolute Gasteiger partial charge is 0.481 e. The van der Waals surface area contributed by atoms with Crippen molar-refractivity contribution in [2.45, 2.75) is 19.3 Å². The molecule has 0 unspecified atom stereocenters. The first-order valence-corrected chi connectivity index (χ1v) is 6.07. The van der Waals surface area contributed by atoms with Gasteiger partial charge in [0.05, 0.1) is 12.7 Å². The smallest absolute Gasteiger partial charge is 0.343 e. The number of hydrogen-bond acceptors (Lipinski definition) is 3. The van der Waals surface area contributed by atoms with E-state index in [9.17, 15) is 13.6 Å². The summed E-state index contributed by atoms with van der Waals surface area (Å²) in [4.78, 5) is 10.9. The van der Waals surface area contributed by atoms with Crippen LogP contribution in [0.25, 0.3) is 0 Å². The normalized spacial score (nSPS) is 11.2. The van der Waals surface area contributed by atoms with E-state index in [0.717, 1.165) is 0 Å². The lowest BCUT2D eigenvalue weighted by Gasteiger charge is -2.18. The molecule has 0 aliphatic heterocycles. The fourth-order valence-corrected chi connectivity index (χ4v) is 1.66. The van der Waals surface area contributed by atoms with Crippen molar-refractivity contribution in [3.63, 3.8) is 0 Å². The van der Waals surface area contributed by atoms with Crippen LogP contribution in [0.1, 0.15) is 18.9 Å². The zero-order valence-electron chi connectivity index (χ0n) is 10.0. The molecule has 100 valence electrons. The number of ether oxygens (including phenoxy) is 2. The van der Waals surface area contributed by atoms with E-state index in [2.05, 4.69) is 20.7 Å². The van der Waals surface area contributed by atoms with Crippen LogP contribution in [-0.4, -0.2) is 19.7 Å². The molecule has 0 spiro atoms. The molecule has 3 nitrogen and oxygen atoms in total. The summed E-state index contributed by atoms with van der Waals surface area (Å²) in [7, 11) is 1.20. The van der Waals surface area contributed by atoms with Gasteiger partial charge >= 0.3 is 5.97 Å². The second kappa shape index (κ2) is 6.13. The molecule has 0 aliphatic carbocycles. The van der Waals surface area contributed by atoms with Gasteiger partial charge in [-0.05, 0) is 18.2 Å². The first-order valence-electron chi connectivity index (χ1n) is 5.28. The molecule has 0 fully saturated rings. The molecule has 18 heavy (non-hydrogen) atoms. The van der Waals surface area contributed by atoms with Gasteiger partial charge in [0.15, 0.2) is 6.61 Å². The van der Waals surface area contributed by atoms with Gasteiger partial charge in [0.25, 0.3) is 5.92 Å². The molecule has 1 aromatic rings. The minimum Gasteiger partial charge on any atom is -0.481 e. The minimum absolute atomic E-state index is 0.0181. The molecule has 0 aromatic heterocycles. The van der Waals surface area contributed by atoms with Gasteiger partial charge in [0.2, 0.25) is 0 Å². The van der Waals surface area contributed by atoms with Crippen molar-refractivity contribution in [1.29, 1.82) is 0 Å². The average Bonchev–Trinajstić information content (AvgIpc) is 2.36. The Hall–Kier alpha value is -1.17. The Morgan fingerprint density at radius 2 is 2.11 bits per heavy atom. The van der Waals surface area contributed by atoms with Crippen molar-refractivity contribution < 1.29 is 23.0 Å². The number of esters is 1. The Kier molecular flexibility index (Phi) is 5.07. The zero-order chi connectivity index (χ0) is 13.8. The van der Waals surface area contributed by atoms with Gasteiger partial charge in [-0.15, -0.1) is 0 Å². The summed E-state index contributed by atoms with van der Waals surface area (Å²) in [6.45, 7) is 0.982. The van der Waals surface area contributed by atoms with Crippen LogP contribution < -0.4 is 4.74 Å². The summed E-state index contributed by atoms with van der Waals surface area (Å²) in [5.41, 5.74) is -0.247. The average molecular weight is 323 g/mol. The summed E-state index contributed by atoms with van der Waals surface area (Å²) >= 11 is 3.13. The lowest BCUT2D eigenvalue weighted by atomic mass is 10.1. The molecule has 6 heteroatoms. The van der Waals surface area contributed by atoms with Crippen LogP contribution in [0.15, 0.2) is 22.7 Å². The highest BCUT2D eigenvalue weighted by atomic mass is 79.9. The summed E-state index contributed by atoms with van der Waals surface area (Å²) < 4.78 is 37.4. The monoisotopic (exact) mass is 322 g/mol. The van der Waals surface area contributed by atoms with Gasteiger partial charge in [-0.1, -0.05) is 22.9 Å². The molecule has 0 radical (unpaired) electrons. The highest BCUT2D eigenvalue weighted by Gasteiger charge is 2.33. The van der Waals surface area contributed by atoms with E-state index in [1.54, 1.807) is 6.07 Å². The molecular weight excluding hydrogens is 310 g/mol. The zero-order valence-corrected chi connectivity index (χ0v) is 11.6. The fraction of sp³-hybridized carbons (Fsp3) is 0.417. The third kappa shape index (κ3) is 3.66. The predicted molar refractivity (Wildman–Crippen MR) is 65.8 cm³/mol. The topological polar surface area (TPSA) is 35.5 Å². The van der Waals surface area contributed by atoms with Crippen LogP contribution in [0.4, 0.5) is 8.78 Å². The van der Waals surface area contributed by atoms with E-state index in [0.29, 0.717) is 4.47 Å². The Morgan fingerprint density at radius 3 is 2.67 bits per heavy atom. The number of alkyl halides is 2. The van der Waals surface area contributed by atoms with Gasteiger partial charge in [-0.3, -0.25) is 0 Å². The summed E-state index contributed by atoms with van der Waals surface area (Å²) in [5, 5.41) is 0. The quantitative estimate of drug-likeness (QED) is 0.778. The molecule has 0 saturated carbocycles. The molecule has 0 heterocycles. The molecule has 0 amide bonds. The van der Waals surface area contributed by atoms with Crippen molar-refractivity contribution in [3.05, 3.63) is 28.2 Å². The van der Waals surface area contributed by atoms with Crippen molar-refractivity contribution >= 4 is 21.9 Å². The molecule has 0 aliphatic rings. The van der Waals surface area contributed by atoms with E-state index >= 15 is 0 Å². The maximum atomic E-state index is 13.7. The molecule has 0 bridgehead atoms. The number of methoxy groups -OCH3 is 1. The summed E-state index contributed by atoms with van der Waals surface area (Å²) in [5.74, 6) is -3.64. The first kappa shape index (κ1) is 14.9. The van der Waals surface area contributed by atoms with Gasteiger partial charge in [0, 0.05) is 10.9 Å². The standard InChI is InChI=1S/C12H13BrF2O3/c1-3-12(14,15)9-6-8(13)4-5-10(9)18-7-11(16)17-2/h4-6H,3,7H2,1-2H3. The second-order valence-corrected chi connectivity index (χ2v) is 4.48. The Morgan fingerprint density at radius 1 is 1.44 bits per heavy atom. The van der Waals surface area contributed by atoms with Crippen molar-refractivity contribution in [2.75, 3.05) is 13.7 Å². The van der Waals surface area contributed by atoms with Crippen LogP contribution in [0.3, 0.4) is 0 Å². The molecule has 0 atom stereocenters. The number of carbonyl (C=O) groups is 1. The Labute approximate surface area is 112 Å². The lowest BCUT2D eigenvalue weighted by Crippen LogP contribution is -2.17. The number of hydrogen-bond donors (Lipinski definition) is 0. The minimum atomic E-state index is -3.00. The molecule has 0 N–H and O–H groups in total. The lowest BCUT2D eigenvalue weighted by molar-refractivity contribution is -0.143. The van der Waals surface area contributed by atoms with Gasteiger partial charge in [-0.2, -0.15) is 0 Å². The molecule has 1 aromatic carbocycles. The van der Waals surface area contributed by atoms with Gasteiger partial charge in [-0.25, -0.2) is 13.6 Å². The first-order chi connectivity index (χ1) is 8.40. The SMILES string of the molecule is CCC(F)(F)c1cc(Br)ccc1OCC(=O)OC. The second-order valence-electron chi connectivity index (χ2n) is 3.56. The highest BCUT2D eigenvalue weighted by Crippen LogP contribution is 2.39. The van der Waals surface area contributed by atoms with Crippen LogP contribution in [0.5, 0.6) is 5.75 Å². The molecule has 0 saturated heterocycles. The van der Waals surface area contributed by atoms with E-state index in [1.807, 2.05) is 0 Å². The van der Waals surface area contributed by atoms with Crippen LogP contribution >= 0.6 is 15.9 Å². The van der Waals surface area contributed by atoms with E-state index in [-0.39, 0.29) is 17.7 Å². The summed E-state index contributed by atoms with van der Waals surface area (Å²) in [6, 6.07) is 4.25. The molecule has 1 rings (SSSR count). The van der Waals surface area contributed by atoms with Crippen molar-refractivity contribution in [1.82, 2.24) is 0 Å². The Bertz CT molecular complexity index is 435. The van der Waals surface area contributed by atoms with Crippen LogP contribution in [-0.2, 0) is 15.5 Å². The third-order valence-electron chi connectivity index (χ3n) is 2.35. The number of halogens is 3. The number of benzene rings is 1. The van der Waals surface area contributed by atoms with Crippen molar-refractivity contribution in [2.24, 2.45) is 0 Å². The van der Waals surface area contributed by atoms with E-state index in [1.165, 1.54) is 26.2 Å². The van der Waals surface area contributed by atoms with E-state index in [4.69, 9.17) is 4.74 Å². The number of rotatable bonds is 5. The highest BCUT2D eigenvalue weighted by molar-refractivity contribution is 9.10. The maximum absolute atomic E-state index is 13.7. The predicted octanol–water partition coefficient (Wildman–Crippen LogP) is 3.50. The van der Waals surface area contributed by atoms with Crippen LogP contribution in [0, 0.1) is 0 Å². The third-order valence-corrected chi connectivity index (χ3v) is 2.85. The van der Waals surface area contributed by atoms with Gasteiger partial charge in [0.1, 0.15) is 5.75 Å². The van der Waals surface area contributed by atoms with E-state index < -0.39 is 18.5 Å². The maximum Gasteiger partial charge on any atom is 0.343 e.